The van der Waals surface area contributed by atoms with Gasteiger partial charge in [0.1, 0.15) is 6.10 Å². The van der Waals surface area contributed by atoms with Crippen LogP contribution in [0, 0.1) is 0 Å². The first-order valence-electron chi connectivity index (χ1n) is 8.61. The van der Waals surface area contributed by atoms with Crippen molar-refractivity contribution >= 4 is 46.0 Å². The number of carbonyl (C=O) groups excluding carboxylic acids is 1. The van der Waals surface area contributed by atoms with Gasteiger partial charge in [-0.3, -0.25) is 19.8 Å². The third-order valence-corrected chi connectivity index (χ3v) is 5.35. The molecule has 1 amide bonds. The molecule has 1 aromatic carbocycles. The Morgan fingerprint density at radius 1 is 1.29 bits per heavy atom. The van der Waals surface area contributed by atoms with Gasteiger partial charge in [-0.05, 0) is 35.9 Å². The van der Waals surface area contributed by atoms with E-state index in [0.29, 0.717) is 15.8 Å². The summed E-state index contributed by atoms with van der Waals surface area (Å²) in [5.74, 6) is 0.631. The summed E-state index contributed by atoms with van der Waals surface area (Å²) in [7, 11) is 1.88. The summed E-state index contributed by atoms with van der Waals surface area (Å²) >= 11 is 7.11. The van der Waals surface area contributed by atoms with Crippen molar-refractivity contribution in [1.82, 2.24) is 20.6 Å². The fraction of sp³-hybridized carbons (Fsp3) is 0.158. The summed E-state index contributed by atoms with van der Waals surface area (Å²) in [4.78, 5) is 18.2. The number of hydroxylamine groups is 1. The van der Waals surface area contributed by atoms with E-state index in [1.165, 1.54) is 11.3 Å². The predicted molar refractivity (Wildman–Crippen MR) is 111 cm³/mol. The Labute approximate surface area is 170 Å². The number of anilines is 2. The Kier molecular flexibility index (Phi) is 5.34. The van der Waals surface area contributed by atoms with Gasteiger partial charge in [0.25, 0.3) is 5.91 Å². The van der Waals surface area contributed by atoms with Gasteiger partial charge in [0.05, 0.1) is 21.5 Å². The molecule has 28 heavy (non-hydrogen) atoms. The van der Waals surface area contributed by atoms with E-state index < -0.39 is 0 Å². The van der Waals surface area contributed by atoms with Crippen molar-refractivity contribution in [3.8, 4) is 0 Å². The molecule has 0 fully saturated rings. The summed E-state index contributed by atoms with van der Waals surface area (Å²) < 4.78 is 2.33. The van der Waals surface area contributed by atoms with Gasteiger partial charge >= 0.3 is 0 Å². The van der Waals surface area contributed by atoms with E-state index >= 15 is 0 Å². The fourth-order valence-electron chi connectivity index (χ4n) is 2.73. The van der Waals surface area contributed by atoms with E-state index in [-0.39, 0.29) is 12.0 Å². The zero-order valence-corrected chi connectivity index (χ0v) is 16.6. The van der Waals surface area contributed by atoms with Crippen molar-refractivity contribution in [3.05, 3.63) is 69.5 Å². The number of hydrogen-bond donors (Lipinski definition) is 3. The molecule has 0 radical (unpaired) electrons. The van der Waals surface area contributed by atoms with Crippen molar-refractivity contribution in [2.45, 2.75) is 6.10 Å². The van der Waals surface area contributed by atoms with E-state index in [2.05, 4.69) is 21.2 Å². The molecule has 9 heteroatoms. The largest absolute Gasteiger partial charge is 0.348 e. The zero-order chi connectivity index (χ0) is 19.5. The number of amides is 1. The molecule has 0 saturated carbocycles. The normalized spacial score (nSPS) is 15.8. The first kappa shape index (κ1) is 18.5. The van der Waals surface area contributed by atoms with E-state index in [9.17, 15) is 4.79 Å². The van der Waals surface area contributed by atoms with Crippen molar-refractivity contribution in [1.29, 1.82) is 0 Å². The summed E-state index contributed by atoms with van der Waals surface area (Å²) in [5.41, 5.74) is 5.72. The zero-order valence-electron chi connectivity index (χ0n) is 15.0. The van der Waals surface area contributed by atoms with Gasteiger partial charge in [-0.1, -0.05) is 23.7 Å². The van der Waals surface area contributed by atoms with E-state index in [0.717, 1.165) is 22.8 Å². The first-order chi connectivity index (χ1) is 13.6. The molecule has 1 aliphatic heterocycles. The summed E-state index contributed by atoms with van der Waals surface area (Å²) in [6.45, 7) is 0.365. The number of aromatic nitrogens is 2. The second-order valence-electron chi connectivity index (χ2n) is 6.23. The lowest BCUT2D eigenvalue weighted by Gasteiger charge is -2.08. The molecular weight excluding hydrogens is 398 g/mol. The molecule has 0 spiro atoms. The molecule has 3 N–H and O–H groups in total. The monoisotopic (exact) mass is 415 g/mol. The third-order valence-electron chi connectivity index (χ3n) is 4.12. The van der Waals surface area contributed by atoms with Crippen LogP contribution in [0.1, 0.15) is 15.2 Å². The van der Waals surface area contributed by atoms with Crippen LogP contribution in [0.3, 0.4) is 0 Å². The minimum Gasteiger partial charge on any atom is -0.348 e. The Morgan fingerprint density at radius 2 is 2.11 bits per heavy atom. The Morgan fingerprint density at radius 3 is 2.79 bits per heavy atom. The highest BCUT2D eigenvalue weighted by molar-refractivity contribution is 7.17. The maximum atomic E-state index is 12.1. The van der Waals surface area contributed by atoms with Crippen molar-refractivity contribution in [2.75, 3.05) is 11.9 Å². The summed E-state index contributed by atoms with van der Waals surface area (Å²) in [6.07, 6.45) is 3.58. The van der Waals surface area contributed by atoms with Crippen LogP contribution >= 0.6 is 22.9 Å². The number of benzene rings is 1. The topological polar surface area (TPSA) is 80.2 Å². The van der Waals surface area contributed by atoms with Crippen LogP contribution in [0.25, 0.3) is 5.70 Å². The molecule has 4 rings (SSSR count). The number of nitrogens with zero attached hydrogens (tertiary/aromatic N) is 2. The van der Waals surface area contributed by atoms with Gasteiger partial charge in [0.2, 0.25) is 0 Å². The maximum absolute atomic E-state index is 12.1. The van der Waals surface area contributed by atoms with Crippen LogP contribution in [0.5, 0.6) is 0 Å². The highest BCUT2D eigenvalue weighted by Gasteiger charge is 2.19. The second-order valence-corrected chi connectivity index (χ2v) is 7.94. The SMILES string of the molecule is Cn1ccc(Nc2ccc(C3=CC(CNC(=O)c4ccc(Cl)s4)ON3)cc2)n1. The molecule has 1 aliphatic rings. The lowest BCUT2D eigenvalue weighted by molar-refractivity contribution is 0.0499. The molecule has 0 saturated heterocycles. The molecule has 2 aromatic heterocycles. The number of nitrogens with one attached hydrogen (secondary N) is 3. The average molecular weight is 416 g/mol. The molecule has 1 unspecified atom stereocenters. The van der Waals surface area contributed by atoms with Crippen LogP contribution in [0.15, 0.2) is 54.7 Å². The lowest BCUT2D eigenvalue weighted by atomic mass is 10.1. The molecule has 3 aromatic rings. The number of carbonyl (C=O) groups is 1. The number of halogens is 1. The first-order valence-corrected chi connectivity index (χ1v) is 9.80. The fourth-order valence-corrected chi connectivity index (χ4v) is 3.69. The van der Waals surface area contributed by atoms with Crippen LogP contribution in [0.2, 0.25) is 4.34 Å². The van der Waals surface area contributed by atoms with Gasteiger partial charge in [0.15, 0.2) is 5.82 Å². The van der Waals surface area contributed by atoms with Crippen molar-refractivity contribution in [3.63, 3.8) is 0 Å². The molecule has 0 bridgehead atoms. The Hall–Kier alpha value is -2.81. The van der Waals surface area contributed by atoms with Crippen molar-refractivity contribution in [2.24, 2.45) is 7.05 Å². The molecule has 144 valence electrons. The summed E-state index contributed by atoms with van der Waals surface area (Å²) in [6, 6.07) is 13.2. The number of hydrogen-bond acceptors (Lipinski definition) is 6. The number of rotatable bonds is 6. The quantitative estimate of drug-likeness (QED) is 0.573. The molecule has 3 heterocycles. The van der Waals surface area contributed by atoms with Gasteiger partial charge in [-0.15, -0.1) is 11.3 Å². The molecule has 7 nitrogen and oxygen atoms in total. The summed E-state index contributed by atoms with van der Waals surface area (Å²) in [5, 5.41) is 10.4. The lowest BCUT2D eigenvalue weighted by Crippen LogP contribution is -2.31. The molecule has 0 aliphatic carbocycles. The molecular formula is C19H18ClN5O2S. The smallest absolute Gasteiger partial charge is 0.261 e. The minimum absolute atomic E-state index is 0.160. The maximum Gasteiger partial charge on any atom is 0.261 e. The second kappa shape index (κ2) is 8.05. The van der Waals surface area contributed by atoms with Crippen LogP contribution in [0.4, 0.5) is 11.5 Å². The Balaban J connectivity index is 1.33. The van der Waals surface area contributed by atoms with Crippen molar-refractivity contribution < 1.29 is 9.63 Å². The highest BCUT2D eigenvalue weighted by atomic mass is 35.5. The number of thiophene rings is 1. The third kappa shape index (κ3) is 4.36. The van der Waals surface area contributed by atoms with Crippen LogP contribution in [-0.2, 0) is 11.9 Å². The van der Waals surface area contributed by atoms with Gasteiger partial charge in [-0.2, -0.15) is 5.10 Å². The number of aryl methyl sites for hydroxylation is 1. The Bertz CT molecular complexity index is 1010. The van der Waals surface area contributed by atoms with E-state index in [1.54, 1.807) is 16.8 Å². The standard InChI is InChI=1S/C19H18ClN5O2S/c1-25-9-8-18(23-25)22-13-4-2-12(3-5-13)15-10-14(27-24-15)11-21-19(26)16-6-7-17(20)28-16/h2-10,14,24H,11H2,1H3,(H,21,26)(H,22,23). The van der Waals surface area contributed by atoms with Gasteiger partial charge < -0.3 is 10.6 Å². The van der Waals surface area contributed by atoms with Gasteiger partial charge in [-0.25, -0.2) is 0 Å². The van der Waals surface area contributed by atoms with Crippen LogP contribution in [-0.4, -0.2) is 28.3 Å². The predicted octanol–water partition coefficient (Wildman–Crippen LogP) is 3.55. The average Bonchev–Trinajstić information content (AvgIpc) is 3.42. The van der Waals surface area contributed by atoms with Gasteiger partial charge in [0, 0.05) is 25.0 Å². The highest BCUT2D eigenvalue weighted by Crippen LogP contribution is 2.23. The van der Waals surface area contributed by atoms with E-state index in [4.69, 9.17) is 16.4 Å². The molecule has 1 atom stereocenters. The van der Waals surface area contributed by atoms with Crippen LogP contribution < -0.4 is 16.1 Å². The van der Waals surface area contributed by atoms with E-state index in [1.807, 2.05) is 49.7 Å². The minimum atomic E-state index is -0.249.